The smallest absolute Gasteiger partial charge is 0.257 e. The summed E-state index contributed by atoms with van der Waals surface area (Å²) in [7, 11) is 1.65. The Bertz CT molecular complexity index is 1230. The minimum Gasteiger partial charge on any atom is -0.491 e. The second-order valence-corrected chi connectivity index (χ2v) is 10.3. The summed E-state index contributed by atoms with van der Waals surface area (Å²) in [5.41, 5.74) is 2.08. The van der Waals surface area contributed by atoms with Crippen LogP contribution in [0.5, 0.6) is 5.75 Å². The number of fused-ring (bicyclic) bond motifs is 2. The SMILES string of the molecule is COCCN1CCCCCN(C(=O)c2ccc3ncccc3c2)[C@@H](CC(C)C)COc2ccccc2C1=O. The molecule has 0 bridgehead atoms. The molecule has 0 N–H and O–H groups in total. The van der Waals surface area contributed by atoms with Crippen molar-refractivity contribution in [1.29, 1.82) is 0 Å². The van der Waals surface area contributed by atoms with Crippen molar-refractivity contribution in [3.05, 3.63) is 71.9 Å². The molecule has 1 atom stereocenters. The number of hydrogen-bond acceptors (Lipinski definition) is 5. The van der Waals surface area contributed by atoms with E-state index >= 15 is 0 Å². The predicted octanol–water partition coefficient (Wildman–Crippen LogP) is 5.44. The zero-order chi connectivity index (χ0) is 26.9. The Labute approximate surface area is 225 Å². The van der Waals surface area contributed by atoms with Crippen LogP contribution < -0.4 is 4.74 Å². The first-order valence-electron chi connectivity index (χ1n) is 13.6. The zero-order valence-electron chi connectivity index (χ0n) is 22.8. The van der Waals surface area contributed by atoms with Crippen molar-refractivity contribution >= 4 is 22.7 Å². The van der Waals surface area contributed by atoms with Crippen LogP contribution in [0.4, 0.5) is 0 Å². The van der Waals surface area contributed by atoms with Gasteiger partial charge in [-0.25, -0.2) is 0 Å². The highest BCUT2D eigenvalue weighted by atomic mass is 16.5. The Balaban J connectivity index is 1.65. The maximum absolute atomic E-state index is 14.0. The van der Waals surface area contributed by atoms with E-state index in [9.17, 15) is 9.59 Å². The monoisotopic (exact) mass is 517 g/mol. The summed E-state index contributed by atoms with van der Waals surface area (Å²) < 4.78 is 11.6. The fourth-order valence-corrected chi connectivity index (χ4v) is 5.06. The van der Waals surface area contributed by atoms with Gasteiger partial charge in [0.05, 0.1) is 23.7 Å². The van der Waals surface area contributed by atoms with E-state index in [0.29, 0.717) is 55.6 Å². The molecule has 1 aromatic heterocycles. The lowest BCUT2D eigenvalue weighted by atomic mass is 10.0. The normalized spacial score (nSPS) is 17.4. The summed E-state index contributed by atoms with van der Waals surface area (Å²) in [6.07, 6.45) is 5.19. The molecule has 2 amide bonds. The van der Waals surface area contributed by atoms with Crippen LogP contribution in [0.25, 0.3) is 10.9 Å². The molecule has 202 valence electrons. The van der Waals surface area contributed by atoms with Gasteiger partial charge in [0.25, 0.3) is 11.8 Å². The van der Waals surface area contributed by atoms with E-state index in [1.54, 1.807) is 13.3 Å². The third-order valence-electron chi connectivity index (χ3n) is 7.02. The standard InChI is InChI=1S/C31H39N3O4/c1-23(2)20-26-22-38-29-12-6-5-11-27(29)31(36)33(18-19-37-3)16-7-4-8-17-34(26)30(35)25-13-14-28-24(21-25)10-9-15-32-28/h5-6,9-15,21,23,26H,4,7-8,16-20,22H2,1-3H3/t26-/m0/s1. The van der Waals surface area contributed by atoms with E-state index in [0.717, 1.165) is 36.6 Å². The number of carbonyl (C=O) groups is 2. The van der Waals surface area contributed by atoms with Gasteiger partial charge in [-0.2, -0.15) is 0 Å². The fraction of sp³-hybridized carbons (Fsp3) is 0.452. The molecule has 0 saturated carbocycles. The Hall–Kier alpha value is -3.45. The van der Waals surface area contributed by atoms with Crippen molar-refractivity contribution in [2.45, 2.75) is 45.6 Å². The summed E-state index contributed by atoms with van der Waals surface area (Å²) in [6, 6.07) is 16.9. The van der Waals surface area contributed by atoms with Gasteiger partial charge in [0.15, 0.2) is 0 Å². The number of ether oxygens (including phenoxy) is 2. The molecule has 38 heavy (non-hydrogen) atoms. The third kappa shape index (κ3) is 6.90. The van der Waals surface area contributed by atoms with Crippen LogP contribution in [-0.2, 0) is 4.74 Å². The minimum atomic E-state index is -0.124. The molecule has 0 radical (unpaired) electrons. The van der Waals surface area contributed by atoms with Gasteiger partial charge in [-0.15, -0.1) is 0 Å². The average Bonchev–Trinajstić information content (AvgIpc) is 2.94. The molecule has 4 rings (SSSR count). The van der Waals surface area contributed by atoms with Gasteiger partial charge >= 0.3 is 0 Å². The number of rotatable bonds is 6. The van der Waals surface area contributed by atoms with Crippen molar-refractivity contribution in [2.24, 2.45) is 5.92 Å². The fourth-order valence-electron chi connectivity index (χ4n) is 5.06. The summed E-state index contributed by atoms with van der Waals surface area (Å²) in [4.78, 5) is 35.7. The second kappa shape index (κ2) is 13.4. The largest absolute Gasteiger partial charge is 0.491 e. The molecule has 0 fully saturated rings. The highest BCUT2D eigenvalue weighted by molar-refractivity contribution is 5.98. The lowest BCUT2D eigenvalue weighted by Gasteiger charge is -2.33. The summed E-state index contributed by atoms with van der Waals surface area (Å²) >= 11 is 0. The number of aromatic nitrogens is 1. The van der Waals surface area contributed by atoms with Crippen LogP contribution in [0, 0.1) is 5.92 Å². The Kier molecular flexibility index (Phi) is 9.71. The first-order valence-corrected chi connectivity index (χ1v) is 13.6. The maximum atomic E-state index is 14.0. The van der Waals surface area contributed by atoms with E-state index in [1.807, 2.05) is 64.4 Å². The van der Waals surface area contributed by atoms with Crippen LogP contribution in [0.2, 0.25) is 0 Å². The number of methoxy groups -OCH3 is 1. The molecule has 2 heterocycles. The van der Waals surface area contributed by atoms with Crippen LogP contribution in [0.1, 0.15) is 60.2 Å². The first-order chi connectivity index (χ1) is 18.5. The number of para-hydroxylation sites is 1. The molecule has 1 aliphatic rings. The lowest BCUT2D eigenvalue weighted by molar-refractivity contribution is 0.0573. The molecule has 0 spiro atoms. The Morgan fingerprint density at radius 2 is 1.89 bits per heavy atom. The predicted molar refractivity (Wildman–Crippen MR) is 150 cm³/mol. The molecule has 7 heteroatoms. The van der Waals surface area contributed by atoms with Crippen molar-refractivity contribution < 1.29 is 19.1 Å². The quantitative estimate of drug-likeness (QED) is 0.435. The Morgan fingerprint density at radius 3 is 2.71 bits per heavy atom. The molecular weight excluding hydrogens is 478 g/mol. The van der Waals surface area contributed by atoms with Gasteiger partial charge in [-0.3, -0.25) is 14.6 Å². The number of hydrogen-bond donors (Lipinski definition) is 0. The number of nitrogens with zero attached hydrogens (tertiary/aromatic N) is 3. The van der Waals surface area contributed by atoms with Crippen molar-refractivity contribution in [2.75, 3.05) is 40.0 Å². The van der Waals surface area contributed by atoms with Gasteiger partial charge in [0.2, 0.25) is 0 Å². The van der Waals surface area contributed by atoms with Gasteiger partial charge < -0.3 is 19.3 Å². The van der Waals surface area contributed by atoms with Crippen LogP contribution >= 0.6 is 0 Å². The van der Waals surface area contributed by atoms with Gasteiger partial charge in [0, 0.05) is 43.9 Å². The molecule has 0 unspecified atom stereocenters. The molecule has 1 aliphatic heterocycles. The van der Waals surface area contributed by atoms with E-state index in [-0.39, 0.29) is 17.9 Å². The summed E-state index contributed by atoms with van der Waals surface area (Å²) in [5.74, 6) is 0.884. The molecule has 7 nitrogen and oxygen atoms in total. The van der Waals surface area contributed by atoms with E-state index in [4.69, 9.17) is 9.47 Å². The van der Waals surface area contributed by atoms with Crippen LogP contribution in [-0.4, -0.2) is 72.6 Å². The number of carbonyl (C=O) groups excluding carboxylic acids is 2. The molecule has 0 aliphatic carbocycles. The average molecular weight is 518 g/mol. The van der Waals surface area contributed by atoms with Crippen molar-refractivity contribution in [3.8, 4) is 5.75 Å². The van der Waals surface area contributed by atoms with Gasteiger partial charge in [-0.1, -0.05) is 32.0 Å². The van der Waals surface area contributed by atoms with E-state index in [1.165, 1.54) is 0 Å². The van der Waals surface area contributed by atoms with Crippen LogP contribution in [0.3, 0.4) is 0 Å². The van der Waals surface area contributed by atoms with Crippen molar-refractivity contribution in [1.82, 2.24) is 14.8 Å². The molecule has 3 aromatic rings. The maximum Gasteiger partial charge on any atom is 0.257 e. The van der Waals surface area contributed by atoms with Crippen LogP contribution in [0.15, 0.2) is 60.8 Å². The highest BCUT2D eigenvalue weighted by Crippen LogP contribution is 2.25. The number of benzene rings is 2. The summed E-state index contributed by atoms with van der Waals surface area (Å²) in [6.45, 7) is 6.93. The number of amides is 2. The molecule has 2 aromatic carbocycles. The zero-order valence-corrected chi connectivity index (χ0v) is 22.8. The molecular formula is C31H39N3O4. The topological polar surface area (TPSA) is 72.0 Å². The molecule has 0 saturated heterocycles. The van der Waals surface area contributed by atoms with E-state index < -0.39 is 0 Å². The van der Waals surface area contributed by atoms with Gasteiger partial charge in [0.1, 0.15) is 12.4 Å². The minimum absolute atomic E-state index is 0.00552. The highest BCUT2D eigenvalue weighted by Gasteiger charge is 2.28. The third-order valence-corrected chi connectivity index (χ3v) is 7.02. The summed E-state index contributed by atoms with van der Waals surface area (Å²) in [5, 5.41) is 0.949. The number of pyridine rings is 1. The Morgan fingerprint density at radius 1 is 1.08 bits per heavy atom. The van der Waals surface area contributed by atoms with Crippen molar-refractivity contribution in [3.63, 3.8) is 0 Å². The van der Waals surface area contributed by atoms with Gasteiger partial charge in [-0.05, 0) is 68.0 Å². The lowest BCUT2D eigenvalue weighted by Crippen LogP contribution is -2.45. The second-order valence-electron chi connectivity index (χ2n) is 10.3. The van der Waals surface area contributed by atoms with E-state index in [2.05, 4.69) is 18.8 Å². The first kappa shape index (κ1) is 27.6.